The number of carbonyl (C=O) groups excluding carboxylic acids is 1. The second-order valence-corrected chi connectivity index (χ2v) is 2.72. The van der Waals surface area contributed by atoms with E-state index in [1.165, 1.54) is 23.9 Å². The highest BCUT2D eigenvalue weighted by Gasteiger charge is 2.20. The van der Waals surface area contributed by atoms with Crippen LogP contribution in [0.2, 0.25) is 0 Å². The molecule has 0 fully saturated rings. The first-order valence-electron chi connectivity index (χ1n) is 3.14. The molecule has 0 saturated carbocycles. The molecule has 0 aliphatic heterocycles. The fraction of sp³-hybridized carbons (Fsp3) is 0.333. The standard InChI is InChI=1S/C6H8N2O3S/c1-11-5(6(9)8-10)4-2-12-3-7-4/h2-3,5,10H,1H3,(H,8,9). The number of hydrogen-bond acceptors (Lipinski definition) is 5. The molecule has 1 heterocycles. The van der Waals surface area contributed by atoms with Crippen LogP contribution >= 0.6 is 11.3 Å². The van der Waals surface area contributed by atoms with E-state index < -0.39 is 12.0 Å². The Balaban J connectivity index is 2.76. The summed E-state index contributed by atoms with van der Waals surface area (Å²) in [6.07, 6.45) is -0.832. The molecule has 1 rings (SSSR count). The van der Waals surface area contributed by atoms with Crippen LogP contribution in [0.15, 0.2) is 10.9 Å². The molecule has 1 unspecified atom stereocenters. The van der Waals surface area contributed by atoms with Crippen molar-refractivity contribution in [1.82, 2.24) is 10.5 Å². The lowest BCUT2D eigenvalue weighted by molar-refractivity contribution is -0.140. The van der Waals surface area contributed by atoms with Gasteiger partial charge in [-0.05, 0) is 0 Å². The van der Waals surface area contributed by atoms with Crippen molar-refractivity contribution >= 4 is 17.2 Å². The third-order valence-electron chi connectivity index (χ3n) is 1.30. The summed E-state index contributed by atoms with van der Waals surface area (Å²) in [7, 11) is 1.37. The van der Waals surface area contributed by atoms with E-state index in [1.54, 1.807) is 10.9 Å². The number of rotatable bonds is 3. The van der Waals surface area contributed by atoms with Crippen molar-refractivity contribution in [2.45, 2.75) is 6.10 Å². The van der Waals surface area contributed by atoms with Gasteiger partial charge >= 0.3 is 0 Å². The normalized spacial score (nSPS) is 12.5. The molecule has 0 aromatic carbocycles. The quantitative estimate of drug-likeness (QED) is 0.530. The maximum Gasteiger partial charge on any atom is 0.278 e. The van der Waals surface area contributed by atoms with Crippen LogP contribution in [0.25, 0.3) is 0 Å². The van der Waals surface area contributed by atoms with Crippen LogP contribution in [-0.2, 0) is 9.53 Å². The molecule has 12 heavy (non-hydrogen) atoms. The lowest BCUT2D eigenvalue weighted by Gasteiger charge is -2.09. The summed E-state index contributed by atoms with van der Waals surface area (Å²) >= 11 is 1.36. The number of nitrogens with zero attached hydrogens (tertiary/aromatic N) is 1. The fourth-order valence-corrected chi connectivity index (χ4v) is 1.34. The summed E-state index contributed by atoms with van der Waals surface area (Å²) in [5.41, 5.74) is 3.59. The molecule has 6 heteroatoms. The lowest BCUT2D eigenvalue weighted by atomic mass is 10.3. The molecule has 0 aliphatic rings. The second-order valence-electron chi connectivity index (χ2n) is 2.01. The predicted molar refractivity (Wildman–Crippen MR) is 41.8 cm³/mol. The smallest absolute Gasteiger partial charge is 0.278 e. The minimum atomic E-state index is -0.832. The highest BCUT2D eigenvalue weighted by molar-refractivity contribution is 7.07. The zero-order valence-electron chi connectivity index (χ0n) is 6.35. The lowest BCUT2D eigenvalue weighted by Crippen LogP contribution is -2.27. The van der Waals surface area contributed by atoms with Crippen molar-refractivity contribution in [2.24, 2.45) is 0 Å². The number of aromatic nitrogens is 1. The number of methoxy groups -OCH3 is 1. The Kier molecular flexibility index (Phi) is 3.15. The van der Waals surface area contributed by atoms with Gasteiger partial charge in [-0.25, -0.2) is 10.5 Å². The Bertz CT molecular complexity index is 249. The van der Waals surface area contributed by atoms with E-state index in [1.807, 2.05) is 0 Å². The molecule has 0 bridgehead atoms. The molecule has 0 saturated heterocycles. The van der Waals surface area contributed by atoms with Crippen LogP contribution in [0.5, 0.6) is 0 Å². The molecule has 1 amide bonds. The van der Waals surface area contributed by atoms with E-state index in [0.717, 1.165) is 0 Å². The summed E-state index contributed by atoms with van der Waals surface area (Å²) in [5, 5.41) is 10.0. The van der Waals surface area contributed by atoms with Gasteiger partial charge in [0, 0.05) is 12.5 Å². The third kappa shape index (κ3) is 1.79. The zero-order chi connectivity index (χ0) is 8.97. The van der Waals surface area contributed by atoms with Gasteiger partial charge in [-0.3, -0.25) is 10.0 Å². The van der Waals surface area contributed by atoms with Gasteiger partial charge in [0.2, 0.25) is 0 Å². The summed E-state index contributed by atoms with van der Waals surface area (Å²) in [6.45, 7) is 0. The number of nitrogens with one attached hydrogen (secondary N) is 1. The first-order valence-corrected chi connectivity index (χ1v) is 4.08. The van der Waals surface area contributed by atoms with Gasteiger partial charge < -0.3 is 4.74 Å². The van der Waals surface area contributed by atoms with Crippen LogP contribution < -0.4 is 5.48 Å². The van der Waals surface area contributed by atoms with E-state index in [9.17, 15) is 4.79 Å². The first kappa shape index (κ1) is 9.11. The molecule has 2 N–H and O–H groups in total. The van der Waals surface area contributed by atoms with Crippen LogP contribution in [0.4, 0.5) is 0 Å². The van der Waals surface area contributed by atoms with Crippen molar-refractivity contribution in [3.05, 3.63) is 16.6 Å². The maximum atomic E-state index is 10.9. The topological polar surface area (TPSA) is 71.5 Å². The van der Waals surface area contributed by atoms with Gasteiger partial charge in [0.15, 0.2) is 6.10 Å². The van der Waals surface area contributed by atoms with Gasteiger partial charge in [-0.15, -0.1) is 11.3 Å². The van der Waals surface area contributed by atoms with Crippen molar-refractivity contribution < 1.29 is 14.7 Å². The number of ether oxygens (including phenoxy) is 1. The molecular weight excluding hydrogens is 180 g/mol. The number of carbonyl (C=O) groups is 1. The maximum absolute atomic E-state index is 10.9. The van der Waals surface area contributed by atoms with E-state index in [0.29, 0.717) is 5.69 Å². The first-order chi connectivity index (χ1) is 5.79. The van der Waals surface area contributed by atoms with Crippen LogP contribution in [0.3, 0.4) is 0 Å². The zero-order valence-corrected chi connectivity index (χ0v) is 7.17. The number of thiazole rings is 1. The molecule has 1 atom stereocenters. The van der Waals surface area contributed by atoms with Crippen molar-refractivity contribution in [1.29, 1.82) is 0 Å². The van der Waals surface area contributed by atoms with E-state index in [4.69, 9.17) is 9.94 Å². The second kappa shape index (κ2) is 4.15. The molecule has 0 aliphatic carbocycles. The number of hydrogen-bond donors (Lipinski definition) is 2. The summed E-state index contributed by atoms with van der Waals surface area (Å²) in [4.78, 5) is 14.8. The Morgan fingerprint density at radius 1 is 1.92 bits per heavy atom. The monoisotopic (exact) mass is 188 g/mol. The van der Waals surface area contributed by atoms with Crippen molar-refractivity contribution in [3.63, 3.8) is 0 Å². The van der Waals surface area contributed by atoms with Gasteiger partial charge in [0.05, 0.1) is 11.2 Å². The molecule has 1 aromatic rings. The van der Waals surface area contributed by atoms with Crippen LogP contribution in [0, 0.1) is 0 Å². The van der Waals surface area contributed by atoms with Crippen molar-refractivity contribution in [3.8, 4) is 0 Å². The Labute approximate surface area is 73.0 Å². The van der Waals surface area contributed by atoms with Crippen molar-refractivity contribution in [2.75, 3.05) is 7.11 Å². The Morgan fingerprint density at radius 2 is 2.67 bits per heavy atom. The summed E-state index contributed by atoms with van der Waals surface area (Å²) < 4.78 is 4.82. The van der Waals surface area contributed by atoms with E-state index in [2.05, 4.69) is 4.98 Å². The Morgan fingerprint density at radius 3 is 3.08 bits per heavy atom. The van der Waals surface area contributed by atoms with Gasteiger partial charge in [0.1, 0.15) is 0 Å². The highest BCUT2D eigenvalue weighted by Crippen LogP contribution is 2.15. The SMILES string of the molecule is COC(C(=O)NO)c1cscn1. The molecule has 0 spiro atoms. The number of amides is 1. The number of hydroxylamine groups is 1. The highest BCUT2D eigenvalue weighted by atomic mass is 32.1. The average molecular weight is 188 g/mol. The average Bonchev–Trinajstić information content (AvgIpc) is 2.58. The molecule has 1 aromatic heterocycles. The largest absolute Gasteiger partial charge is 0.365 e. The van der Waals surface area contributed by atoms with Crippen LogP contribution in [-0.4, -0.2) is 23.2 Å². The Hall–Kier alpha value is -0.980. The summed E-state index contributed by atoms with van der Waals surface area (Å²) in [6, 6.07) is 0. The molecule has 0 radical (unpaired) electrons. The van der Waals surface area contributed by atoms with Gasteiger partial charge in [-0.1, -0.05) is 0 Å². The minimum absolute atomic E-state index is 0.494. The van der Waals surface area contributed by atoms with E-state index in [-0.39, 0.29) is 0 Å². The molecular formula is C6H8N2O3S. The molecule has 5 nitrogen and oxygen atoms in total. The minimum Gasteiger partial charge on any atom is -0.365 e. The third-order valence-corrected chi connectivity index (χ3v) is 1.91. The van der Waals surface area contributed by atoms with Crippen LogP contribution in [0.1, 0.15) is 11.8 Å². The van der Waals surface area contributed by atoms with Gasteiger partial charge in [0.25, 0.3) is 5.91 Å². The predicted octanol–water partition coefficient (Wildman–Crippen LogP) is 0.336. The van der Waals surface area contributed by atoms with Gasteiger partial charge in [-0.2, -0.15) is 0 Å². The molecule has 66 valence electrons. The van der Waals surface area contributed by atoms with E-state index >= 15 is 0 Å². The fourth-order valence-electron chi connectivity index (χ4n) is 0.772. The summed E-state index contributed by atoms with van der Waals surface area (Å²) in [5.74, 6) is -0.622.